The molecule has 2 aromatic rings. The Morgan fingerprint density at radius 2 is 2.00 bits per heavy atom. The molecule has 5 nitrogen and oxygen atoms in total. The fourth-order valence-corrected chi connectivity index (χ4v) is 2.76. The van der Waals surface area contributed by atoms with Crippen molar-refractivity contribution in [3.8, 4) is 0 Å². The van der Waals surface area contributed by atoms with Gasteiger partial charge in [-0.05, 0) is 18.6 Å². The standard InChI is InChI=1S/C18H18F4N4O/c1-9(2)15-25-14-12(5-6-23-17(14)27)16(26-15)24-8-10-3-4-11(7-13(10)19)18(20,21)22/h3-4,7,9H,5-6,8H2,1-2H3,(H,23,27)(H,24,25,26). The van der Waals surface area contributed by atoms with Crippen molar-refractivity contribution in [2.45, 2.75) is 38.9 Å². The third-order valence-electron chi connectivity index (χ3n) is 4.24. The van der Waals surface area contributed by atoms with Crippen molar-refractivity contribution in [1.29, 1.82) is 0 Å². The molecule has 0 bridgehead atoms. The second-order valence-electron chi connectivity index (χ2n) is 6.58. The number of halogens is 4. The van der Waals surface area contributed by atoms with Gasteiger partial charge >= 0.3 is 6.18 Å². The van der Waals surface area contributed by atoms with Gasteiger partial charge in [-0.15, -0.1) is 0 Å². The zero-order valence-electron chi connectivity index (χ0n) is 14.7. The van der Waals surface area contributed by atoms with Gasteiger partial charge in [0.05, 0.1) is 5.56 Å². The summed E-state index contributed by atoms with van der Waals surface area (Å²) in [6, 6.07) is 2.40. The van der Waals surface area contributed by atoms with Crippen molar-refractivity contribution >= 4 is 11.7 Å². The van der Waals surface area contributed by atoms with E-state index in [1.165, 1.54) is 0 Å². The molecule has 9 heteroatoms. The van der Waals surface area contributed by atoms with Crippen LogP contribution in [-0.4, -0.2) is 22.4 Å². The van der Waals surface area contributed by atoms with Crippen LogP contribution in [0.2, 0.25) is 0 Å². The number of alkyl halides is 3. The van der Waals surface area contributed by atoms with E-state index in [4.69, 9.17) is 0 Å². The number of nitrogens with zero attached hydrogens (tertiary/aromatic N) is 2. The van der Waals surface area contributed by atoms with Crippen molar-refractivity contribution in [3.63, 3.8) is 0 Å². The number of benzene rings is 1. The molecule has 27 heavy (non-hydrogen) atoms. The fourth-order valence-electron chi connectivity index (χ4n) is 2.76. The molecule has 0 fully saturated rings. The number of rotatable bonds is 4. The molecule has 0 unspecified atom stereocenters. The number of hydrogen-bond acceptors (Lipinski definition) is 4. The first-order valence-electron chi connectivity index (χ1n) is 8.45. The monoisotopic (exact) mass is 382 g/mol. The first kappa shape index (κ1) is 19.1. The predicted octanol–water partition coefficient (Wildman–Crippen LogP) is 3.66. The van der Waals surface area contributed by atoms with Gasteiger partial charge < -0.3 is 10.6 Å². The van der Waals surface area contributed by atoms with Crippen molar-refractivity contribution in [3.05, 3.63) is 52.2 Å². The van der Waals surface area contributed by atoms with Gasteiger partial charge in [-0.1, -0.05) is 19.9 Å². The minimum Gasteiger partial charge on any atom is -0.366 e. The Bertz CT molecular complexity index is 880. The number of carbonyl (C=O) groups excluding carboxylic acids is 1. The molecule has 3 rings (SSSR count). The Labute approximate surface area is 153 Å². The van der Waals surface area contributed by atoms with Crippen LogP contribution in [0.1, 0.15) is 52.8 Å². The van der Waals surface area contributed by atoms with Gasteiger partial charge in [-0.3, -0.25) is 4.79 Å². The second kappa shape index (κ2) is 7.13. The summed E-state index contributed by atoms with van der Waals surface area (Å²) < 4.78 is 52.0. The van der Waals surface area contributed by atoms with Crippen molar-refractivity contribution < 1.29 is 22.4 Å². The van der Waals surface area contributed by atoms with Gasteiger partial charge in [-0.2, -0.15) is 13.2 Å². The molecule has 1 aromatic heterocycles. The van der Waals surface area contributed by atoms with E-state index in [1.807, 2.05) is 13.8 Å². The molecule has 1 amide bonds. The molecule has 2 N–H and O–H groups in total. The minimum atomic E-state index is -4.60. The topological polar surface area (TPSA) is 66.9 Å². The quantitative estimate of drug-likeness (QED) is 0.792. The maximum absolute atomic E-state index is 14.1. The maximum atomic E-state index is 14.1. The van der Waals surface area contributed by atoms with E-state index in [0.29, 0.717) is 36.2 Å². The van der Waals surface area contributed by atoms with Crippen LogP contribution in [0.25, 0.3) is 0 Å². The molecule has 0 saturated heterocycles. The predicted molar refractivity (Wildman–Crippen MR) is 90.9 cm³/mol. The molecular formula is C18H18F4N4O. The maximum Gasteiger partial charge on any atom is 0.416 e. The molecule has 1 aliphatic heterocycles. The number of anilines is 1. The van der Waals surface area contributed by atoms with Gasteiger partial charge in [0.25, 0.3) is 5.91 Å². The van der Waals surface area contributed by atoms with Crippen molar-refractivity contribution in [2.24, 2.45) is 0 Å². The average Bonchev–Trinajstić information content (AvgIpc) is 2.60. The summed E-state index contributed by atoms with van der Waals surface area (Å²) in [5.41, 5.74) is -0.0746. The van der Waals surface area contributed by atoms with Gasteiger partial charge in [0.15, 0.2) is 0 Å². The van der Waals surface area contributed by atoms with Crippen molar-refractivity contribution in [1.82, 2.24) is 15.3 Å². The van der Waals surface area contributed by atoms with E-state index in [2.05, 4.69) is 20.6 Å². The number of amides is 1. The average molecular weight is 382 g/mol. The van der Waals surface area contributed by atoms with Crippen LogP contribution in [-0.2, 0) is 19.1 Å². The lowest BCUT2D eigenvalue weighted by Crippen LogP contribution is -2.34. The molecule has 1 aromatic carbocycles. The Balaban J connectivity index is 1.89. The van der Waals surface area contributed by atoms with Crippen LogP contribution in [0.5, 0.6) is 0 Å². The highest BCUT2D eigenvalue weighted by atomic mass is 19.4. The normalized spacial score (nSPS) is 14.1. The van der Waals surface area contributed by atoms with Gasteiger partial charge in [0, 0.05) is 30.1 Å². The number of aromatic nitrogens is 2. The third kappa shape index (κ3) is 4.01. The highest BCUT2D eigenvalue weighted by Crippen LogP contribution is 2.30. The Morgan fingerprint density at radius 1 is 1.26 bits per heavy atom. The summed E-state index contributed by atoms with van der Waals surface area (Å²) in [5.74, 6) is -0.432. The number of nitrogens with one attached hydrogen (secondary N) is 2. The number of fused-ring (bicyclic) bond motifs is 1. The Kier molecular flexibility index (Phi) is 5.03. The van der Waals surface area contributed by atoms with Crippen LogP contribution in [0, 0.1) is 5.82 Å². The highest BCUT2D eigenvalue weighted by Gasteiger charge is 2.31. The van der Waals surface area contributed by atoms with E-state index in [1.54, 1.807) is 0 Å². The summed E-state index contributed by atoms with van der Waals surface area (Å²) >= 11 is 0. The summed E-state index contributed by atoms with van der Waals surface area (Å²) in [7, 11) is 0. The molecule has 2 heterocycles. The highest BCUT2D eigenvalue weighted by molar-refractivity contribution is 5.96. The lowest BCUT2D eigenvalue weighted by atomic mass is 10.0. The third-order valence-corrected chi connectivity index (χ3v) is 4.24. The molecule has 0 spiro atoms. The largest absolute Gasteiger partial charge is 0.416 e. The van der Waals surface area contributed by atoms with E-state index < -0.39 is 17.6 Å². The van der Waals surface area contributed by atoms with Crippen LogP contribution >= 0.6 is 0 Å². The second-order valence-corrected chi connectivity index (χ2v) is 6.58. The fraction of sp³-hybridized carbons (Fsp3) is 0.389. The SMILES string of the molecule is CC(C)c1nc(NCc2ccc(C(F)(F)F)cc2F)c2c(n1)C(=O)NCC2. The lowest BCUT2D eigenvalue weighted by Gasteiger charge is -2.21. The minimum absolute atomic E-state index is 0.0339. The van der Waals surface area contributed by atoms with Crippen LogP contribution in [0.3, 0.4) is 0 Å². The van der Waals surface area contributed by atoms with Crippen LogP contribution in [0.4, 0.5) is 23.4 Å². The first-order valence-corrected chi connectivity index (χ1v) is 8.45. The van der Waals surface area contributed by atoms with Gasteiger partial charge in [0.1, 0.15) is 23.2 Å². The molecule has 0 saturated carbocycles. The van der Waals surface area contributed by atoms with Gasteiger partial charge in [0.2, 0.25) is 0 Å². The van der Waals surface area contributed by atoms with Gasteiger partial charge in [-0.25, -0.2) is 14.4 Å². The zero-order valence-corrected chi connectivity index (χ0v) is 14.7. The molecule has 0 atom stereocenters. The van der Waals surface area contributed by atoms with E-state index >= 15 is 0 Å². The summed E-state index contributed by atoms with van der Waals surface area (Å²) in [4.78, 5) is 20.8. The van der Waals surface area contributed by atoms with E-state index in [-0.39, 0.29) is 29.6 Å². The van der Waals surface area contributed by atoms with E-state index in [9.17, 15) is 22.4 Å². The molecule has 144 valence electrons. The summed E-state index contributed by atoms with van der Waals surface area (Å²) in [6.07, 6.45) is -4.09. The molecular weight excluding hydrogens is 364 g/mol. The molecule has 0 aliphatic carbocycles. The Morgan fingerprint density at radius 3 is 2.63 bits per heavy atom. The first-order chi connectivity index (χ1) is 12.7. The smallest absolute Gasteiger partial charge is 0.366 e. The lowest BCUT2D eigenvalue weighted by molar-refractivity contribution is -0.137. The van der Waals surface area contributed by atoms with Crippen molar-refractivity contribution in [2.75, 3.05) is 11.9 Å². The Hall–Kier alpha value is -2.71. The number of hydrogen-bond donors (Lipinski definition) is 2. The van der Waals surface area contributed by atoms with Crippen LogP contribution in [0.15, 0.2) is 18.2 Å². The zero-order chi connectivity index (χ0) is 19.8. The molecule has 1 aliphatic rings. The summed E-state index contributed by atoms with van der Waals surface area (Å²) in [6.45, 7) is 4.12. The summed E-state index contributed by atoms with van der Waals surface area (Å²) in [5, 5.41) is 5.66. The van der Waals surface area contributed by atoms with Crippen LogP contribution < -0.4 is 10.6 Å². The van der Waals surface area contributed by atoms with E-state index in [0.717, 1.165) is 12.1 Å². The molecule has 0 radical (unpaired) electrons. The number of carbonyl (C=O) groups is 1.